The number of aryl methyl sites for hydroxylation is 1. The number of carbonyl (C=O) groups excluding carboxylic acids is 2. The molecule has 0 aliphatic heterocycles. The van der Waals surface area contributed by atoms with E-state index in [1.54, 1.807) is 20.2 Å². The molecule has 0 radical (unpaired) electrons. The zero-order valence-electron chi connectivity index (χ0n) is 10.8. The Balaban J connectivity index is 2.54. The average molecular weight is 287 g/mol. The molecule has 0 aliphatic carbocycles. The molecule has 0 saturated carbocycles. The van der Waals surface area contributed by atoms with Gasteiger partial charge in [0.25, 0.3) is 0 Å². The Morgan fingerprint density at radius 1 is 1.28 bits per heavy atom. The first-order valence-electron chi connectivity index (χ1n) is 5.61. The minimum Gasteiger partial charge on any atom is -0.348 e. The van der Waals surface area contributed by atoms with Crippen molar-refractivity contribution in [2.24, 2.45) is 0 Å². The fourth-order valence-electron chi connectivity index (χ4n) is 1.25. The largest absolute Gasteiger partial charge is 0.348 e. The molecule has 0 fully saturated rings. The fraction of sp³-hybridized carbons (Fsp3) is 0.500. The third-order valence-electron chi connectivity index (χ3n) is 2.36. The molecule has 1 heterocycles. The van der Waals surface area contributed by atoms with Crippen molar-refractivity contribution in [1.82, 2.24) is 4.90 Å². The van der Waals surface area contributed by atoms with Gasteiger partial charge in [0.15, 0.2) is 5.78 Å². The van der Waals surface area contributed by atoms with Gasteiger partial charge in [0.2, 0.25) is 5.91 Å². The summed E-state index contributed by atoms with van der Waals surface area (Å²) in [7, 11) is 1.78. The summed E-state index contributed by atoms with van der Waals surface area (Å²) in [5.41, 5.74) is 0. The lowest BCUT2D eigenvalue weighted by molar-refractivity contribution is -0.125. The Bertz CT molecular complexity index is 466. The number of rotatable bonds is 6. The van der Waals surface area contributed by atoms with Gasteiger partial charge >= 0.3 is 0 Å². The Labute approximate surface area is 113 Å². The van der Waals surface area contributed by atoms with Crippen LogP contribution in [0.5, 0.6) is 0 Å². The number of ketones is 1. The van der Waals surface area contributed by atoms with Crippen LogP contribution in [0.2, 0.25) is 0 Å². The van der Waals surface area contributed by atoms with Gasteiger partial charge in [0, 0.05) is 29.8 Å². The predicted octanol–water partition coefficient (Wildman–Crippen LogP) is 1.33. The van der Waals surface area contributed by atoms with Crippen molar-refractivity contribution < 1.29 is 13.8 Å². The molecule has 0 saturated heterocycles. The Morgan fingerprint density at radius 3 is 2.44 bits per heavy atom. The topological polar surface area (TPSA) is 54.5 Å². The first kappa shape index (κ1) is 15.0. The Hall–Kier alpha value is -1.01. The molecule has 1 atom stereocenters. The maximum atomic E-state index is 11.8. The van der Waals surface area contributed by atoms with Crippen LogP contribution in [0.3, 0.4) is 0 Å². The summed E-state index contributed by atoms with van der Waals surface area (Å²) in [6.07, 6.45) is 0.889. The Kier molecular flexibility index (Phi) is 5.68. The molecule has 6 heteroatoms. The molecule has 0 N–H and O–H groups in total. The van der Waals surface area contributed by atoms with E-state index in [4.69, 9.17) is 0 Å². The third-order valence-corrected chi connectivity index (χ3v) is 4.78. The lowest BCUT2D eigenvalue weighted by Crippen LogP contribution is -2.28. The molecule has 1 unspecified atom stereocenters. The van der Waals surface area contributed by atoms with E-state index in [9.17, 15) is 13.8 Å². The second kappa shape index (κ2) is 6.80. The highest BCUT2D eigenvalue weighted by molar-refractivity contribution is 7.86. The molecular formula is C12H17NO3S2. The van der Waals surface area contributed by atoms with Gasteiger partial charge in [-0.2, -0.15) is 0 Å². The van der Waals surface area contributed by atoms with Crippen LogP contribution in [0.25, 0.3) is 0 Å². The number of Topliss-reactive ketones (excluding diaryl/α,β-unsaturated/α-hetero) is 1. The third kappa shape index (κ3) is 4.34. The van der Waals surface area contributed by atoms with E-state index in [1.165, 1.54) is 16.2 Å². The summed E-state index contributed by atoms with van der Waals surface area (Å²) >= 11 is 1.43. The second-order valence-electron chi connectivity index (χ2n) is 4.06. The molecule has 100 valence electrons. The zero-order chi connectivity index (χ0) is 13.7. The SMILES string of the molecule is CCc1ccc(C(=O)CS(=O)CC(=O)N(C)C)s1. The van der Waals surface area contributed by atoms with E-state index in [0.717, 1.165) is 11.3 Å². The average Bonchev–Trinajstić information content (AvgIpc) is 2.76. The highest BCUT2D eigenvalue weighted by Crippen LogP contribution is 2.17. The van der Waals surface area contributed by atoms with Gasteiger partial charge in [-0.25, -0.2) is 0 Å². The number of amides is 1. The lowest BCUT2D eigenvalue weighted by atomic mass is 10.3. The molecular weight excluding hydrogens is 270 g/mol. The van der Waals surface area contributed by atoms with Crippen molar-refractivity contribution in [1.29, 1.82) is 0 Å². The van der Waals surface area contributed by atoms with Crippen LogP contribution in [0, 0.1) is 0 Å². The van der Waals surface area contributed by atoms with Crippen molar-refractivity contribution in [3.8, 4) is 0 Å². The maximum Gasteiger partial charge on any atom is 0.234 e. The van der Waals surface area contributed by atoms with E-state index in [0.29, 0.717) is 4.88 Å². The number of hydrogen-bond acceptors (Lipinski definition) is 4. The number of thiophene rings is 1. The van der Waals surface area contributed by atoms with Gasteiger partial charge in [0.05, 0.1) is 10.6 Å². The van der Waals surface area contributed by atoms with Crippen LogP contribution < -0.4 is 0 Å². The van der Waals surface area contributed by atoms with Gasteiger partial charge in [-0.3, -0.25) is 13.8 Å². The van der Waals surface area contributed by atoms with E-state index >= 15 is 0 Å². The summed E-state index contributed by atoms with van der Waals surface area (Å²) in [6, 6.07) is 3.67. The standard InChI is InChI=1S/C12H17NO3S2/c1-4-9-5-6-11(17-9)10(14)7-18(16)8-12(15)13(2)3/h5-6H,4,7-8H2,1-3H3. The van der Waals surface area contributed by atoms with Crippen LogP contribution in [0.15, 0.2) is 12.1 Å². The maximum absolute atomic E-state index is 11.8. The summed E-state index contributed by atoms with van der Waals surface area (Å²) in [5.74, 6) is -0.542. The van der Waals surface area contributed by atoms with Crippen LogP contribution in [0.1, 0.15) is 21.5 Å². The first-order valence-corrected chi connectivity index (χ1v) is 7.91. The number of nitrogens with zero attached hydrogens (tertiary/aromatic N) is 1. The molecule has 1 amide bonds. The number of carbonyl (C=O) groups is 2. The first-order chi connectivity index (χ1) is 8.43. The minimum atomic E-state index is -1.43. The van der Waals surface area contributed by atoms with Gasteiger partial charge in [-0.05, 0) is 18.6 Å². The van der Waals surface area contributed by atoms with E-state index in [-0.39, 0.29) is 23.2 Å². The Morgan fingerprint density at radius 2 is 1.94 bits per heavy atom. The van der Waals surface area contributed by atoms with E-state index in [1.807, 2.05) is 13.0 Å². The predicted molar refractivity (Wildman–Crippen MR) is 74.6 cm³/mol. The van der Waals surface area contributed by atoms with Crippen LogP contribution in [-0.4, -0.2) is 46.4 Å². The molecule has 1 rings (SSSR count). The van der Waals surface area contributed by atoms with E-state index in [2.05, 4.69) is 0 Å². The highest BCUT2D eigenvalue weighted by Gasteiger charge is 2.16. The second-order valence-corrected chi connectivity index (χ2v) is 6.68. The van der Waals surface area contributed by atoms with Crippen molar-refractivity contribution in [2.45, 2.75) is 13.3 Å². The van der Waals surface area contributed by atoms with Crippen LogP contribution in [-0.2, 0) is 22.0 Å². The zero-order valence-corrected chi connectivity index (χ0v) is 12.4. The van der Waals surface area contributed by atoms with Gasteiger partial charge in [-0.1, -0.05) is 6.92 Å². The quantitative estimate of drug-likeness (QED) is 0.742. The monoisotopic (exact) mass is 287 g/mol. The fourth-order valence-corrected chi connectivity index (χ4v) is 3.31. The normalized spacial score (nSPS) is 12.2. The molecule has 18 heavy (non-hydrogen) atoms. The van der Waals surface area contributed by atoms with Crippen molar-refractivity contribution in [2.75, 3.05) is 25.6 Å². The van der Waals surface area contributed by atoms with Crippen LogP contribution >= 0.6 is 11.3 Å². The van der Waals surface area contributed by atoms with Gasteiger partial charge in [-0.15, -0.1) is 11.3 Å². The molecule has 0 spiro atoms. The molecule has 0 aliphatic rings. The highest BCUT2D eigenvalue weighted by atomic mass is 32.2. The summed E-state index contributed by atoms with van der Waals surface area (Å²) < 4.78 is 11.7. The minimum absolute atomic E-state index is 0.0801. The summed E-state index contributed by atoms with van der Waals surface area (Å²) in [5, 5.41) is 0. The molecule has 1 aromatic rings. The van der Waals surface area contributed by atoms with Crippen LogP contribution in [0.4, 0.5) is 0 Å². The van der Waals surface area contributed by atoms with Crippen molar-refractivity contribution in [3.05, 3.63) is 21.9 Å². The number of hydrogen-bond donors (Lipinski definition) is 0. The van der Waals surface area contributed by atoms with Gasteiger partial charge in [0.1, 0.15) is 5.75 Å². The summed E-state index contributed by atoms with van der Waals surface area (Å²) in [6.45, 7) is 2.02. The van der Waals surface area contributed by atoms with Crippen molar-refractivity contribution in [3.63, 3.8) is 0 Å². The summed E-state index contributed by atoms with van der Waals surface area (Å²) in [4.78, 5) is 26.3. The molecule has 0 aromatic carbocycles. The molecule has 1 aromatic heterocycles. The smallest absolute Gasteiger partial charge is 0.234 e. The van der Waals surface area contributed by atoms with E-state index < -0.39 is 10.8 Å². The lowest BCUT2D eigenvalue weighted by Gasteiger charge is -2.08. The molecule has 4 nitrogen and oxygen atoms in total. The molecule has 0 bridgehead atoms. The van der Waals surface area contributed by atoms with Gasteiger partial charge < -0.3 is 4.90 Å². The van der Waals surface area contributed by atoms with Crippen molar-refractivity contribution >= 4 is 33.8 Å².